The molecule has 1 aliphatic heterocycles. The average molecular weight is 240 g/mol. The van der Waals surface area contributed by atoms with Gasteiger partial charge in [-0.05, 0) is 18.4 Å². The first-order valence-corrected chi connectivity index (χ1v) is 6.34. The van der Waals surface area contributed by atoms with Gasteiger partial charge in [0.15, 0.2) is 0 Å². The first-order valence-electron chi connectivity index (χ1n) is 5.81. The van der Waals surface area contributed by atoms with E-state index in [0.29, 0.717) is 5.88 Å². The number of rotatable bonds is 3. The van der Waals surface area contributed by atoms with E-state index in [-0.39, 0.29) is 0 Å². The van der Waals surface area contributed by atoms with E-state index in [2.05, 4.69) is 4.90 Å². The van der Waals surface area contributed by atoms with Gasteiger partial charge in [0.05, 0.1) is 5.60 Å². The van der Waals surface area contributed by atoms with E-state index in [1.54, 1.807) is 0 Å². The van der Waals surface area contributed by atoms with Gasteiger partial charge in [0.2, 0.25) is 0 Å². The van der Waals surface area contributed by atoms with Crippen LogP contribution in [0.4, 0.5) is 0 Å². The van der Waals surface area contributed by atoms with Crippen molar-refractivity contribution in [3.05, 3.63) is 35.9 Å². The number of hydrogen-bond donors (Lipinski definition) is 1. The van der Waals surface area contributed by atoms with Crippen LogP contribution in [-0.4, -0.2) is 35.5 Å². The number of nitrogens with zero attached hydrogens (tertiary/aromatic N) is 1. The minimum atomic E-state index is -0.635. The van der Waals surface area contributed by atoms with Crippen molar-refractivity contribution in [1.82, 2.24) is 4.90 Å². The summed E-state index contributed by atoms with van der Waals surface area (Å²) < 4.78 is 0. The lowest BCUT2D eigenvalue weighted by atomic mass is 9.84. The summed E-state index contributed by atoms with van der Waals surface area (Å²) in [7, 11) is 0. The third kappa shape index (κ3) is 2.57. The van der Waals surface area contributed by atoms with Crippen molar-refractivity contribution in [2.75, 3.05) is 25.5 Å². The zero-order valence-electron chi connectivity index (χ0n) is 9.40. The number of hydrogen-bond acceptors (Lipinski definition) is 2. The topological polar surface area (TPSA) is 23.5 Å². The highest BCUT2D eigenvalue weighted by atomic mass is 35.5. The van der Waals surface area contributed by atoms with Crippen LogP contribution in [0, 0.1) is 0 Å². The monoisotopic (exact) mass is 239 g/mol. The first kappa shape index (κ1) is 11.9. The molecule has 0 aromatic heterocycles. The van der Waals surface area contributed by atoms with Gasteiger partial charge in [-0.3, -0.25) is 0 Å². The van der Waals surface area contributed by atoms with Crippen LogP contribution < -0.4 is 0 Å². The van der Waals surface area contributed by atoms with Crippen LogP contribution in [0.2, 0.25) is 0 Å². The molecule has 0 atom stereocenters. The van der Waals surface area contributed by atoms with Gasteiger partial charge < -0.3 is 10.0 Å². The van der Waals surface area contributed by atoms with Crippen molar-refractivity contribution < 1.29 is 5.11 Å². The second-order valence-corrected chi connectivity index (χ2v) is 4.81. The molecule has 0 bridgehead atoms. The van der Waals surface area contributed by atoms with Gasteiger partial charge in [-0.1, -0.05) is 30.3 Å². The van der Waals surface area contributed by atoms with Gasteiger partial charge in [-0.2, -0.15) is 0 Å². The van der Waals surface area contributed by atoms with E-state index in [4.69, 9.17) is 11.6 Å². The van der Waals surface area contributed by atoms with Crippen LogP contribution in [0.5, 0.6) is 0 Å². The van der Waals surface area contributed by atoms with Crippen LogP contribution >= 0.6 is 11.6 Å². The van der Waals surface area contributed by atoms with E-state index in [1.807, 2.05) is 30.3 Å². The van der Waals surface area contributed by atoms with E-state index in [0.717, 1.165) is 38.0 Å². The molecule has 0 aliphatic carbocycles. The fraction of sp³-hybridized carbons (Fsp3) is 0.538. The van der Waals surface area contributed by atoms with Crippen LogP contribution in [-0.2, 0) is 5.60 Å². The van der Waals surface area contributed by atoms with Gasteiger partial charge in [0.25, 0.3) is 0 Å². The minimum absolute atomic E-state index is 0.635. The van der Waals surface area contributed by atoms with Crippen molar-refractivity contribution >= 4 is 11.6 Å². The summed E-state index contributed by atoms with van der Waals surface area (Å²) >= 11 is 5.72. The van der Waals surface area contributed by atoms with Crippen LogP contribution in [0.25, 0.3) is 0 Å². The smallest absolute Gasteiger partial charge is 0.0920 e. The SMILES string of the molecule is OC1(c2ccccc2)CCN(CCCl)CC1. The normalized spacial score (nSPS) is 20.9. The highest BCUT2D eigenvalue weighted by Crippen LogP contribution is 2.32. The quantitative estimate of drug-likeness (QED) is 0.818. The third-order valence-corrected chi connectivity index (χ3v) is 3.56. The van der Waals surface area contributed by atoms with Gasteiger partial charge in [-0.15, -0.1) is 11.6 Å². The molecular weight excluding hydrogens is 222 g/mol. The molecular formula is C13H18ClNO. The number of halogens is 1. The summed E-state index contributed by atoms with van der Waals surface area (Å²) in [4.78, 5) is 2.31. The predicted octanol–water partition coefficient (Wildman–Crippen LogP) is 2.21. The molecule has 0 amide bonds. The molecule has 1 aromatic rings. The Hall–Kier alpha value is -0.570. The summed E-state index contributed by atoms with van der Waals surface area (Å²) in [6.07, 6.45) is 1.60. The van der Waals surface area contributed by atoms with E-state index < -0.39 is 5.60 Å². The predicted molar refractivity (Wildman–Crippen MR) is 66.7 cm³/mol. The first-order chi connectivity index (χ1) is 7.74. The van der Waals surface area contributed by atoms with Crippen molar-refractivity contribution in [2.24, 2.45) is 0 Å². The maximum atomic E-state index is 10.6. The standard InChI is InChI=1S/C13H18ClNO/c14-8-11-15-9-6-13(16,7-10-15)12-4-2-1-3-5-12/h1-5,16H,6-11H2. The van der Waals surface area contributed by atoms with Gasteiger partial charge >= 0.3 is 0 Å². The zero-order chi connectivity index (χ0) is 11.4. The van der Waals surface area contributed by atoms with E-state index in [9.17, 15) is 5.11 Å². The van der Waals surface area contributed by atoms with E-state index >= 15 is 0 Å². The molecule has 1 saturated heterocycles. The van der Waals surface area contributed by atoms with Gasteiger partial charge in [0.1, 0.15) is 0 Å². The van der Waals surface area contributed by atoms with Gasteiger partial charge in [0, 0.05) is 25.5 Å². The Morgan fingerprint density at radius 1 is 1.19 bits per heavy atom. The van der Waals surface area contributed by atoms with E-state index in [1.165, 1.54) is 0 Å². The summed E-state index contributed by atoms with van der Waals surface area (Å²) in [5.41, 5.74) is 0.407. The summed E-state index contributed by atoms with van der Waals surface area (Å²) in [5, 5.41) is 10.6. The Balaban J connectivity index is 2.01. The fourth-order valence-electron chi connectivity index (χ4n) is 2.30. The number of piperidine rings is 1. The fourth-order valence-corrected chi connectivity index (χ4v) is 2.54. The number of likely N-dealkylation sites (tertiary alicyclic amines) is 1. The molecule has 16 heavy (non-hydrogen) atoms. The highest BCUT2D eigenvalue weighted by Gasteiger charge is 2.33. The molecule has 0 saturated carbocycles. The summed E-state index contributed by atoms with van der Waals surface area (Å²) in [6.45, 7) is 2.78. The van der Waals surface area contributed by atoms with Crippen molar-refractivity contribution in [1.29, 1.82) is 0 Å². The Morgan fingerprint density at radius 3 is 2.38 bits per heavy atom. The van der Waals surface area contributed by atoms with Gasteiger partial charge in [-0.25, -0.2) is 0 Å². The van der Waals surface area contributed by atoms with Crippen LogP contribution in [0.1, 0.15) is 18.4 Å². The maximum Gasteiger partial charge on any atom is 0.0920 e. The lowest BCUT2D eigenvalue weighted by Gasteiger charge is -2.38. The molecule has 0 unspecified atom stereocenters. The van der Waals surface area contributed by atoms with Crippen molar-refractivity contribution in [2.45, 2.75) is 18.4 Å². The van der Waals surface area contributed by atoms with Crippen LogP contribution in [0.15, 0.2) is 30.3 Å². The lowest BCUT2D eigenvalue weighted by Crippen LogP contribution is -2.43. The Bertz CT molecular complexity index is 320. The Morgan fingerprint density at radius 2 is 1.81 bits per heavy atom. The molecule has 2 rings (SSSR count). The number of alkyl halides is 1. The molecule has 1 fully saturated rings. The summed E-state index contributed by atoms with van der Waals surface area (Å²) in [6, 6.07) is 9.97. The zero-order valence-corrected chi connectivity index (χ0v) is 10.2. The Labute approximate surface area is 102 Å². The second-order valence-electron chi connectivity index (χ2n) is 4.43. The molecule has 1 N–H and O–H groups in total. The molecule has 2 nitrogen and oxygen atoms in total. The molecule has 1 heterocycles. The summed E-state index contributed by atoms with van der Waals surface area (Å²) in [5.74, 6) is 0.670. The maximum absolute atomic E-state index is 10.6. The highest BCUT2D eigenvalue weighted by molar-refractivity contribution is 6.18. The minimum Gasteiger partial charge on any atom is -0.385 e. The Kier molecular flexibility index (Phi) is 3.85. The molecule has 1 aliphatic rings. The lowest BCUT2D eigenvalue weighted by molar-refractivity contribution is -0.0245. The van der Waals surface area contributed by atoms with Crippen molar-refractivity contribution in [3.8, 4) is 0 Å². The van der Waals surface area contributed by atoms with Crippen LogP contribution in [0.3, 0.4) is 0 Å². The number of aliphatic hydroxyl groups is 1. The largest absolute Gasteiger partial charge is 0.385 e. The second kappa shape index (κ2) is 5.17. The number of benzene rings is 1. The third-order valence-electron chi connectivity index (χ3n) is 3.40. The molecule has 0 spiro atoms. The molecule has 0 radical (unpaired) electrons. The molecule has 88 valence electrons. The molecule has 1 aromatic carbocycles. The molecule has 3 heteroatoms. The van der Waals surface area contributed by atoms with Crippen molar-refractivity contribution in [3.63, 3.8) is 0 Å². The average Bonchev–Trinajstić information content (AvgIpc) is 2.34.